The number of aromatic nitrogens is 2. The normalized spacial score (nSPS) is 12.2. The van der Waals surface area contributed by atoms with Gasteiger partial charge in [-0.05, 0) is 58.6 Å². The SMILES string of the molecule is COC(=O)[C@H](Cc1cnc[nH]1)NC(=O)c1c(C)cc(O)c(C/C=C(\C)CCC=C(C)C)c1O. The fraction of sp³-hybridized carbons (Fsp3) is 0.400. The first-order valence-corrected chi connectivity index (χ1v) is 10.8. The van der Waals surface area contributed by atoms with E-state index in [4.69, 9.17) is 4.74 Å². The molecule has 0 radical (unpaired) electrons. The lowest BCUT2D eigenvalue weighted by Crippen LogP contribution is -2.43. The third kappa shape index (κ3) is 7.24. The predicted octanol–water partition coefficient (Wildman–Crippen LogP) is 3.88. The molecule has 0 fully saturated rings. The molecule has 0 saturated carbocycles. The van der Waals surface area contributed by atoms with Crippen molar-refractivity contribution in [1.82, 2.24) is 15.3 Å². The number of carbonyl (C=O) groups excluding carboxylic acids is 2. The maximum absolute atomic E-state index is 13.0. The summed E-state index contributed by atoms with van der Waals surface area (Å²) in [4.78, 5) is 32.1. The monoisotopic (exact) mass is 455 g/mol. The van der Waals surface area contributed by atoms with Crippen LogP contribution < -0.4 is 5.32 Å². The van der Waals surface area contributed by atoms with E-state index in [0.717, 1.165) is 18.4 Å². The largest absolute Gasteiger partial charge is 0.508 e. The Labute approximate surface area is 194 Å². The molecule has 1 atom stereocenters. The number of amides is 1. The number of benzene rings is 1. The van der Waals surface area contributed by atoms with Crippen molar-refractivity contribution in [2.24, 2.45) is 0 Å². The van der Waals surface area contributed by atoms with Gasteiger partial charge in [-0.15, -0.1) is 0 Å². The van der Waals surface area contributed by atoms with E-state index >= 15 is 0 Å². The first-order chi connectivity index (χ1) is 15.6. The highest BCUT2D eigenvalue weighted by atomic mass is 16.5. The van der Waals surface area contributed by atoms with Crippen LogP contribution in [0.4, 0.5) is 0 Å². The zero-order valence-electron chi connectivity index (χ0n) is 19.9. The Balaban J connectivity index is 2.25. The number of aromatic hydroxyl groups is 2. The van der Waals surface area contributed by atoms with E-state index in [9.17, 15) is 19.8 Å². The Morgan fingerprint density at radius 3 is 2.58 bits per heavy atom. The number of allylic oxidation sites excluding steroid dienone is 4. The molecule has 2 rings (SSSR count). The van der Waals surface area contributed by atoms with Gasteiger partial charge in [-0.25, -0.2) is 9.78 Å². The van der Waals surface area contributed by atoms with Gasteiger partial charge in [0.25, 0.3) is 5.91 Å². The number of aryl methyl sites for hydroxylation is 1. The zero-order valence-corrected chi connectivity index (χ0v) is 19.9. The Kier molecular flexibility index (Phi) is 9.27. The van der Waals surface area contributed by atoms with E-state index in [2.05, 4.69) is 21.4 Å². The number of ether oxygens (including phenoxy) is 1. The van der Waals surface area contributed by atoms with Gasteiger partial charge in [-0.1, -0.05) is 23.3 Å². The van der Waals surface area contributed by atoms with E-state index < -0.39 is 17.9 Å². The first-order valence-electron chi connectivity index (χ1n) is 10.8. The molecule has 178 valence electrons. The van der Waals surface area contributed by atoms with Gasteiger partial charge in [-0.3, -0.25) is 4.79 Å². The molecule has 2 aromatic rings. The number of phenolic OH excluding ortho intramolecular Hbond substituents is 2. The fourth-order valence-corrected chi connectivity index (χ4v) is 3.46. The molecule has 0 aliphatic heterocycles. The summed E-state index contributed by atoms with van der Waals surface area (Å²) in [6.07, 6.45) is 9.31. The standard InChI is InChI=1S/C25H33N3O5/c1-15(2)7-6-8-16(3)9-10-19-21(29)11-17(4)22(23(19)30)24(31)28-20(25(32)33-5)12-18-13-26-14-27-18/h7,9,11,13-14,20,29-30H,6,8,10,12H2,1-5H3,(H,26,27)(H,28,31)/b16-9+/t20-/m0/s1. The van der Waals surface area contributed by atoms with E-state index in [0.29, 0.717) is 11.3 Å². The Morgan fingerprint density at radius 1 is 1.24 bits per heavy atom. The lowest BCUT2D eigenvalue weighted by molar-refractivity contribution is -0.142. The van der Waals surface area contributed by atoms with Crippen LogP contribution in [0.2, 0.25) is 0 Å². The van der Waals surface area contributed by atoms with Crippen LogP contribution >= 0.6 is 0 Å². The number of methoxy groups -OCH3 is 1. The van der Waals surface area contributed by atoms with Gasteiger partial charge in [0.05, 0.1) is 19.0 Å². The highest BCUT2D eigenvalue weighted by molar-refractivity contribution is 6.01. The number of aromatic amines is 1. The van der Waals surface area contributed by atoms with Crippen molar-refractivity contribution in [3.8, 4) is 11.5 Å². The van der Waals surface area contributed by atoms with E-state index in [1.807, 2.05) is 26.8 Å². The second kappa shape index (κ2) is 11.9. The maximum Gasteiger partial charge on any atom is 0.328 e. The minimum Gasteiger partial charge on any atom is -0.508 e. The van der Waals surface area contributed by atoms with Crippen LogP contribution in [0.5, 0.6) is 11.5 Å². The number of hydrogen-bond acceptors (Lipinski definition) is 6. The van der Waals surface area contributed by atoms with Crippen LogP contribution in [-0.4, -0.2) is 45.2 Å². The van der Waals surface area contributed by atoms with Crippen LogP contribution in [0.15, 0.2) is 41.9 Å². The third-order valence-corrected chi connectivity index (χ3v) is 5.32. The number of nitrogens with zero attached hydrogens (tertiary/aromatic N) is 1. The number of hydrogen-bond donors (Lipinski definition) is 4. The molecule has 0 aliphatic rings. The van der Waals surface area contributed by atoms with Gasteiger partial charge in [0, 0.05) is 23.9 Å². The van der Waals surface area contributed by atoms with Crippen molar-refractivity contribution in [2.75, 3.05) is 7.11 Å². The molecule has 0 bridgehead atoms. The fourth-order valence-electron chi connectivity index (χ4n) is 3.46. The molecule has 1 aromatic heterocycles. The second-order valence-electron chi connectivity index (χ2n) is 8.32. The summed E-state index contributed by atoms with van der Waals surface area (Å²) < 4.78 is 4.81. The zero-order chi connectivity index (χ0) is 24.5. The van der Waals surface area contributed by atoms with Crippen LogP contribution in [0.3, 0.4) is 0 Å². The van der Waals surface area contributed by atoms with Crippen molar-refractivity contribution < 1.29 is 24.5 Å². The van der Waals surface area contributed by atoms with Gasteiger partial charge < -0.3 is 25.3 Å². The lowest BCUT2D eigenvalue weighted by Gasteiger charge is -2.18. The smallest absolute Gasteiger partial charge is 0.328 e. The first kappa shape index (κ1) is 25.7. The minimum atomic E-state index is -0.976. The third-order valence-electron chi connectivity index (χ3n) is 5.32. The van der Waals surface area contributed by atoms with E-state index in [1.54, 1.807) is 13.1 Å². The Morgan fingerprint density at radius 2 is 1.97 bits per heavy atom. The summed E-state index contributed by atoms with van der Waals surface area (Å²) in [5.41, 5.74) is 3.67. The van der Waals surface area contributed by atoms with Crippen LogP contribution in [0.1, 0.15) is 60.8 Å². The quantitative estimate of drug-likeness (QED) is 0.318. The summed E-state index contributed by atoms with van der Waals surface area (Å²) in [6.45, 7) is 7.70. The van der Waals surface area contributed by atoms with Gasteiger partial charge in [0.15, 0.2) is 0 Å². The molecule has 1 heterocycles. The number of H-pyrrole nitrogens is 1. The van der Waals surface area contributed by atoms with Gasteiger partial charge in [0.1, 0.15) is 17.5 Å². The molecule has 0 spiro atoms. The van der Waals surface area contributed by atoms with Gasteiger partial charge in [-0.2, -0.15) is 0 Å². The van der Waals surface area contributed by atoms with Gasteiger partial charge in [0.2, 0.25) is 0 Å². The van der Waals surface area contributed by atoms with Crippen molar-refractivity contribution in [3.05, 3.63) is 64.3 Å². The molecular weight excluding hydrogens is 422 g/mol. The van der Waals surface area contributed by atoms with Crippen LogP contribution in [0, 0.1) is 6.92 Å². The second-order valence-corrected chi connectivity index (χ2v) is 8.32. The lowest BCUT2D eigenvalue weighted by atomic mass is 9.97. The number of imidazole rings is 1. The van der Waals surface area contributed by atoms with Gasteiger partial charge >= 0.3 is 5.97 Å². The summed E-state index contributed by atoms with van der Waals surface area (Å²) in [5.74, 6) is -1.64. The molecule has 0 aliphatic carbocycles. The Hall–Kier alpha value is -3.55. The van der Waals surface area contributed by atoms with Crippen LogP contribution in [-0.2, 0) is 22.4 Å². The number of carbonyl (C=O) groups is 2. The average Bonchev–Trinajstić information content (AvgIpc) is 3.25. The molecular formula is C25H33N3O5. The molecule has 1 amide bonds. The number of esters is 1. The summed E-state index contributed by atoms with van der Waals surface area (Å²) in [6, 6.07) is 0.467. The maximum atomic E-state index is 13.0. The van der Waals surface area contributed by atoms with Crippen molar-refractivity contribution in [1.29, 1.82) is 0 Å². The van der Waals surface area contributed by atoms with Crippen molar-refractivity contribution in [3.63, 3.8) is 0 Å². The molecule has 8 nitrogen and oxygen atoms in total. The van der Waals surface area contributed by atoms with Crippen molar-refractivity contribution in [2.45, 2.75) is 59.4 Å². The van der Waals surface area contributed by atoms with E-state index in [1.165, 1.54) is 25.1 Å². The summed E-state index contributed by atoms with van der Waals surface area (Å²) in [7, 11) is 1.24. The minimum absolute atomic E-state index is 0.0110. The number of rotatable bonds is 10. The summed E-state index contributed by atoms with van der Waals surface area (Å²) in [5, 5.41) is 23.9. The molecule has 4 N–H and O–H groups in total. The highest BCUT2D eigenvalue weighted by Crippen LogP contribution is 2.34. The molecule has 33 heavy (non-hydrogen) atoms. The molecule has 0 saturated heterocycles. The molecule has 0 unspecified atom stereocenters. The molecule has 8 heteroatoms. The number of phenols is 2. The Bertz CT molecular complexity index is 1030. The average molecular weight is 456 g/mol. The van der Waals surface area contributed by atoms with Crippen LogP contribution in [0.25, 0.3) is 0 Å². The highest BCUT2D eigenvalue weighted by Gasteiger charge is 2.27. The summed E-state index contributed by atoms with van der Waals surface area (Å²) >= 11 is 0. The topological polar surface area (TPSA) is 125 Å². The molecule has 1 aromatic carbocycles. The number of nitrogens with one attached hydrogen (secondary N) is 2. The van der Waals surface area contributed by atoms with Crippen molar-refractivity contribution >= 4 is 11.9 Å². The van der Waals surface area contributed by atoms with E-state index in [-0.39, 0.29) is 35.5 Å². The predicted molar refractivity (Wildman–Crippen MR) is 126 cm³/mol.